The van der Waals surface area contributed by atoms with Crippen LogP contribution in [0.25, 0.3) is 0 Å². The van der Waals surface area contributed by atoms with Gasteiger partial charge in [0.15, 0.2) is 0 Å². The maximum Gasteiger partial charge on any atom is 0.271 e. The number of rotatable bonds is 4. The molecule has 1 aliphatic heterocycles. The molecule has 1 fully saturated rings. The normalized spacial score (nSPS) is 17.8. The molecule has 0 atom stereocenters. The first kappa shape index (κ1) is 11.7. The topological polar surface area (TPSA) is 33.7 Å². The Bertz CT molecular complexity index is 172. The van der Waals surface area contributed by atoms with Crippen LogP contribution in [0.3, 0.4) is 0 Å². The number of thiocarbonyl (C=S) groups is 1. The molecular weight excluding hydrogens is 200 g/mol. The lowest BCUT2D eigenvalue weighted by Gasteiger charge is -2.27. The van der Waals surface area contributed by atoms with Gasteiger partial charge in [-0.05, 0) is 18.6 Å². The van der Waals surface area contributed by atoms with E-state index in [2.05, 4.69) is 12.3 Å². The molecule has 0 aliphatic carbocycles. The summed E-state index contributed by atoms with van der Waals surface area (Å²) in [5.74, 6) is 0. The van der Waals surface area contributed by atoms with Gasteiger partial charge in [-0.25, -0.2) is 5.01 Å². The molecule has 1 N–H and O–H groups in total. The Kier molecular flexibility index (Phi) is 5.82. The third kappa shape index (κ3) is 4.74. The molecule has 4 nitrogen and oxygen atoms in total. The van der Waals surface area contributed by atoms with Crippen LogP contribution < -0.4 is 5.43 Å². The first-order valence-electron chi connectivity index (χ1n) is 5.09. The van der Waals surface area contributed by atoms with Gasteiger partial charge >= 0.3 is 0 Å². The number of hydrazine groups is 1. The fourth-order valence-corrected chi connectivity index (χ4v) is 1.36. The Morgan fingerprint density at radius 1 is 1.50 bits per heavy atom. The van der Waals surface area contributed by atoms with Crippen LogP contribution in [-0.4, -0.2) is 43.1 Å². The van der Waals surface area contributed by atoms with E-state index >= 15 is 0 Å². The molecule has 0 aromatic rings. The first-order chi connectivity index (χ1) is 6.83. The van der Waals surface area contributed by atoms with Crippen LogP contribution in [0.5, 0.6) is 0 Å². The fourth-order valence-electron chi connectivity index (χ4n) is 1.15. The van der Waals surface area contributed by atoms with Gasteiger partial charge in [-0.1, -0.05) is 13.3 Å². The van der Waals surface area contributed by atoms with E-state index in [1.165, 1.54) is 0 Å². The second-order valence-electron chi connectivity index (χ2n) is 3.20. The number of morpholine rings is 1. The highest BCUT2D eigenvalue weighted by atomic mass is 32.1. The van der Waals surface area contributed by atoms with Crippen LogP contribution >= 0.6 is 12.2 Å². The molecule has 0 aromatic heterocycles. The summed E-state index contributed by atoms with van der Waals surface area (Å²) in [6.07, 6.45) is 2.17. The van der Waals surface area contributed by atoms with Crippen molar-refractivity contribution in [1.82, 2.24) is 10.4 Å². The van der Waals surface area contributed by atoms with Crippen molar-refractivity contribution in [2.24, 2.45) is 0 Å². The fraction of sp³-hybridized carbons (Fsp3) is 0.889. The molecule has 1 aliphatic rings. The van der Waals surface area contributed by atoms with Gasteiger partial charge in [0.25, 0.3) is 5.17 Å². The molecule has 0 saturated carbocycles. The third-order valence-electron chi connectivity index (χ3n) is 1.99. The zero-order valence-corrected chi connectivity index (χ0v) is 9.44. The maximum absolute atomic E-state index is 5.32. The van der Waals surface area contributed by atoms with Gasteiger partial charge in [-0.3, -0.25) is 5.43 Å². The summed E-state index contributed by atoms with van der Waals surface area (Å²) in [4.78, 5) is 0. The number of ether oxygens (including phenoxy) is 2. The van der Waals surface area contributed by atoms with E-state index in [1.807, 2.05) is 5.01 Å². The van der Waals surface area contributed by atoms with Gasteiger partial charge in [-0.2, -0.15) is 0 Å². The highest BCUT2D eigenvalue weighted by Gasteiger charge is 2.11. The lowest BCUT2D eigenvalue weighted by atomic mass is 10.4. The number of unbranched alkanes of at least 4 members (excludes halogenated alkanes) is 1. The van der Waals surface area contributed by atoms with Crippen LogP contribution in [0.2, 0.25) is 0 Å². The van der Waals surface area contributed by atoms with Crippen molar-refractivity contribution in [2.45, 2.75) is 19.8 Å². The van der Waals surface area contributed by atoms with Gasteiger partial charge in [0.1, 0.15) is 0 Å². The van der Waals surface area contributed by atoms with Crippen LogP contribution in [0, 0.1) is 0 Å². The summed E-state index contributed by atoms with van der Waals surface area (Å²) < 4.78 is 10.5. The maximum atomic E-state index is 5.32. The van der Waals surface area contributed by atoms with Crippen molar-refractivity contribution < 1.29 is 9.47 Å². The van der Waals surface area contributed by atoms with Gasteiger partial charge in [0.2, 0.25) is 0 Å². The predicted molar refractivity (Wildman–Crippen MR) is 59.0 cm³/mol. The average Bonchev–Trinajstić information content (AvgIpc) is 2.20. The van der Waals surface area contributed by atoms with Crippen molar-refractivity contribution in [1.29, 1.82) is 0 Å². The Morgan fingerprint density at radius 3 is 2.86 bits per heavy atom. The van der Waals surface area contributed by atoms with Gasteiger partial charge in [0, 0.05) is 13.1 Å². The summed E-state index contributed by atoms with van der Waals surface area (Å²) in [5, 5.41) is 2.50. The van der Waals surface area contributed by atoms with E-state index in [4.69, 9.17) is 21.7 Å². The van der Waals surface area contributed by atoms with Gasteiger partial charge < -0.3 is 9.47 Å². The number of hydrogen-bond acceptors (Lipinski definition) is 4. The second kappa shape index (κ2) is 6.98. The lowest BCUT2D eigenvalue weighted by Crippen LogP contribution is -2.48. The minimum atomic E-state index is 0.473. The molecule has 82 valence electrons. The minimum absolute atomic E-state index is 0.473. The molecule has 0 aromatic carbocycles. The van der Waals surface area contributed by atoms with Crippen molar-refractivity contribution >= 4 is 17.4 Å². The van der Waals surface area contributed by atoms with Gasteiger partial charge in [0.05, 0.1) is 19.8 Å². The third-order valence-corrected chi connectivity index (χ3v) is 2.20. The molecule has 5 heteroatoms. The Morgan fingerprint density at radius 2 is 2.21 bits per heavy atom. The molecule has 0 amide bonds. The second-order valence-corrected chi connectivity index (χ2v) is 3.57. The molecule has 1 rings (SSSR count). The number of nitrogens with one attached hydrogen (secondary N) is 1. The molecule has 0 spiro atoms. The van der Waals surface area contributed by atoms with E-state index in [1.54, 1.807) is 0 Å². The first-order valence-corrected chi connectivity index (χ1v) is 5.50. The van der Waals surface area contributed by atoms with E-state index in [0.717, 1.165) is 39.1 Å². The van der Waals surface area contributed by atoms with Crippen LogP contribution in [-0.2, 0) is 9.47 Å². The zero-order chi connectivity index (χ0) is 10.2. The molecule has 1 heterocycles. The number of nitrogens with zero attached hydrogens (tertiary/aromatic N) is 1. The van der Waals surface area contributed by atoms with E-state index in [0.29, 0.717) is 11.8 Å². The van der Waals surface area contributed by atoms with Crippen molar-refractivity contribution in [2.75, 3.05) is 32.9 Å². The average molecular weight is 218 g/mol. The summed E-state index contributed by atoms with van der Waals surface area (Å²) in [6, 6.07) is 0. The van der Waals surface area contributed by atoms with Crippen molar-refractivity contribution in [3.05, 3.63) is 0 Å². The van der Waals surface area contributed by atoms with Crippen molar-refractivity contribution in [3.63, 3.8) is 0 Å². The van der Waals surface area contributed by atoms with E-state index in [-0.39, 0.29) is 0 Å². The summed E-state index contributed by atoms with van der Waals surface area (Å²) >= 11 is 5.03. The Labute approximate surface area is 90.5 Å². The summed E-state index contributed by atoms with van der Waals surface area (Å²) in [7, 11) is 0. The van der Waals surface area contributed by atoms with Crippen LogP contribution in [0.15, 0.2) is 0 Å². The summed E-state index contributed by atoms with van der Waals surface area (Å²) in [6.45, 7) is 6.05. The number of hydrogen-bond donors (Lipinski definition) is 1. The van der Waals surface area contributed by atoms with Crippen LogP contribution in [0.1, 0.15) is 19.8 Å². The molecule has 0 unspecified atom stereocenters. The SMILES string of the molecule is CCCCOC(=S)NN1CCOCC1. The van der Waals surface area contributed by atoms with Crippen LogP contribution in [0.4, 0.5) is 0 Å². The highest BCUT2D eigenvalue weighted by Crippen LogP contribution is 1.94. The predicted octanol–water partition coefficient (Wildman–Crippen LogP) is 0.925. The highest BCUT2D eigenvalue weighted by molar-refractivity contribution is 7.80. The Hall–Kier alpha value is -0.390. The Balaban J connectivity index is 2.06. The lowest BCUT2D eigenvalue weighted by molar-refractivity contribution is 0.0209. The molecule has 0 bridgehead atoms. The zero-order valence-electron chi connectivity index (χ0n) is 8.62. The summed E-state index contributed by atoms with van der Waals surface area (Å²) in [5.41, 5.74) is 3.04. The standard InChI is InChI=1S/C9H18N2O2S/c1-2-3-6-13-9(14)10-11-4-7-12-8-5-11/h2-8H2,1H3,(H,10,14). The van der Waals surface area contributed by atoms with Gasteiger partial charge in [-0.15, -0.1) is 0 Å². The molecule has 14 heavy (non-hydrogen) atoms. The largest absolute Gasteiger partial charge is 0.470 e. The monoisotopic (exact) mass is 218 g/mol. The van der Waals surface area contributed by atoms with E-state index in [9.17, 15) is 0 Å². The quantitative estimate of drug-likeness (QED) is 0.561. The van der Waals surface area contributed by atoms with Crippen molar-refractivity contribution in [3.8, 4) is 0 Å². The smallest absolute Gasteiger partial charge is 0.271 e. The minimum Gasteiger partial charge on any atom is -0.470 e. The molecular formula is C9H18N2O2S. The molecule has 1 saturated heterocycles. The van der Waals surface area contributed by atoms with E-state index < -0.39 is 0 Å². The molecule has 0 radical (unpaired) electrons.